The number of hydrogen-bond donors (Lipinski definition) is 2. The van der Waals surface area contributed by atoms with Crippen molar-refractivity contribution in [1.29, 1.82) is 0 Å². The van der Waals surface area contributed by atoms with Crippen LogP contribution in [0.5, 0.6) is 5.75 Å². The first-order valence-electron chi connectivity index (χ1n) is 8.23. The Hall–Kier alpha value is -2.08. The normalized spacial score (nSPS) is 21.5. The summed E-state index contributed by atoms with van der Waals surface area (Å²) in [6, 6.07) is 6.60. The van der Waals surface area contributed by atoms with Crippen LogP contribution >= 0.6 is 0 Å². The van der Waals surface area contributed by atoms with Gasteiger partial charge >= 0.3 is 0 Å². The van der Waals surface area contributed by atoms with Crippen LogP contribution in [0.4, 0.5) is 0 Å². The van der Waals surface area contributed by atoms with Crippen molar-refractivity contribution in [3.63, 3.8) is 0 Å². The van der Waals surface area contributed by atoms with Crippen molar-refractivity contribution in [3.8, 4) is 5.75 Å². The van der Waals surface area contributed by atoms with E-state index in [2.05, 4.69) is 5.32 Å². The Morgan fingerprint density at radius 2 is 1.74 bits per heavy atom. The summed E-state index contributed by atoms with van der Waals surface area (Å²) in [5.74, 6) is 0.285. The van der Waals surface area contributed by atoms with Crippen molar-refractivity contribution in [2.75, 3.05) is 32.7 Å². The molecule has 0 spiro atoms. The van der Waals surface area contributed by atoms with E-state index in [4.69, 9.17) is 0 Å². The molecule has 2 saturated heterocycles. The summed E-state index contributed by atoms with van der Waals surface area (Å²) in [7, 11) is 0. The Bertz CT molecular complexity index is 559. The minimum Gasteiger partial charge on any atom is -0.508 e. The number of piperazine rings is 1. The van der Waals surface area contributed by atoms with Crippen LogP contribution < -0.4 is 5.32 Å². The summed E-state index contributed by atoms with van der Waals surface area (Å²) >= 11 is 0. The minimum absolute atomic E-state index is 0.0467. The topological polar surface area (TPSA) is 72.9 Å². The van der Waals surface area contributed by atoms with Crippen molar-refractivity contribution >= 4 is 11.8 Å². The highest BCUT2D eigenvalue weighted by Gasteiger charge is 2.27. The van der Waals surface area contributed by atoms with Crippen LogP contribution in [0.3, 0.4) is 0 Å². The van der Waals surface area contributed by atoms with Gasteiger partial charge in [0.05, 0.1) is 0 Å². The number of nitrogens with zero attached hydrogens (tertiary/aromatic N) is 2. The lowest BCUT2D eigenvalue weighted by molar-refractivity contribution is -0.133. The average molecular weight is 317 g/mol. The van der Waals surface area contributed by atoms with Gasteiger partial charge in [0.15, 0.2) is 0 Å². The van der Waals surface area contributed by atoms with E-state index in [1.807, 2.05) is 4.90 Å². The van der Waals surface area contributed by atoms with Crippen LogP contribution in [0.1, 0.15) is 29.6 Å². The summed E-state index contributed by atoms with van der Waals surface area (Å²) < 4.78 is 0. The van der Waals surface area contributed by atoms with Crippen LogP contribution in [0.25, 0.3) is 0 Å². The SMILES string of the molecule is O=C(CC1CCCN1)N1CCN(C(=O)c2ccc(O)cc2)CC1. The number of phenolic OH excluding ortho intramolecular Hbond substituents is 1. The number of carbonyl (C=O) groups is 2. The number of carbonyl (C=O) groups excluding carboxylic acids is 2. The molecule has 2 amide bonds. The van der Waals surface area contributed by atoms with E-state index in [0.29, 0.717) is 44.2 Å². The maximum Gasteiger partial charge on any atom is 0.253 e. The molecule has 1 unspecified atom stereocenters. The third-order valence-corrected chi connectivity index (χ3v) is 4.62. The first kappa shape index (κ1) is 15.8. The van der Waals surface area contributed by atoms with Gasteiger partial charge in [-0.3, -0.25) is 9.59 Å². The highest BCUT2D eigenvalue weighted by Crippen LogP contribution is 2.15. The molecule has 23 heavy (non-hydrogen) atoms. The number of amides is 2. The van der Waals surface area contributed by atoms with Crippen molar-refractivity contribution in [1.82, 2.24) is 15.1 Å². The molecule has 124 valence electrons. The molecule has 0 bridgehead atoms. The van der Waals surface area contributed by atoms with Crippen LogP contribution in [-0.2, 0) is 4.79 Å². The summed E-state index contributed by atoms with van der Waals surface area (Å²) in [5.41, 5.74) is 0.567. The molecule has 0 aliphatic carbocycles. The summed E-state index contributed by atoms with van der Waals surface area (Å²) in [5, 5.41) is 12.6. The van der Waals surface area contributed by atoms with Gasteiger partial charge in [0, 0.05) is 44.2 Å². The van der Waals surface area contributed by atoms with Gasteiger partial charge < -0.3 is 20.2 Å². The van der Waals surface area contributed by atoms with Gasteiger partial charge in [-0.1, -0.05) is 0 Å². The molecule has 0 aromatic heterocycles. The second kappa shape index (κ2) is 7.00. The molecule has 1 atom stereocenters. The van der Waals surface area contributed by atoms with Crippen molar-refractivity contribution < 1.29 is 14.7 Å². The maximum absolute atomic E-state index is 12.4. The average Bonchev–Trinajstić information content (AvgIpc) is 3.08. The number of phenols is 1. The fraction of sp³-hybridized carbons (Fsp3) is 0.529. The molecule has 2 aliphatic heterocycles. The van der Waals surface area contributed by atoms with Crippen LogP contribution in [-0.4, -0.2) is 65.5 Å². The quantitative estimate of drug-likeness (QED) is 0.866. The van der Waals surface area contributed by atoms with E-state index < -0.39 is 0 Å². The molecule has 6 heteroatoms. The summed E-state index contributed by atoms with van der Waals surface area (Å²) in [4.78, 5) is 28.3. The van der Waals surface area contributed by atoms with E-state index in [9.17, 15) is 14.7 Å². The van der Waals surface area contributed by atoms with Gasteiger partial charge in [0.1, 0.15) is 5.75 Å². The van der Waals surface area contributed by atoms with Gasteiger partial charge in [-0.25, -0.2) is 0 Å². The van der Waals surface area contributed by atoms with Crippen molar-refractivity contribution in [2.24, 2.45) is 0 Å². The zero-order chi connectivity index (χ0) is 16.2. The lowest BCUT2D eigenvalue weighted by Crippen LogP contribution is -2.51. The zero-order valence-electron chi connectivity index (χ0n) is 13.2. The van der Waals surface area contributed by atoms with E-state index in [-0.39, 0.29) is 17.6 Å². The Morgan fingerprint density at radius 1 is 1.09 bits per heavy atom. The van der Waals surface area contributed by atoms with Gasteiger partial charge in [-0.05, 0) is 43.7 Å². The Morgan fingerprint density at radius 3 is 2.35 bits per heavy atom. The highest BCUT2D eigenvalue weighted by molar-refractivity contribution is 5.94. The number of rotatable bonds is 3. The molecule has 2 aliphatic rings. The largest absolute Gasteiger partial charge is 0.508 e. The van der Waals surface area contributed by atoms with Crippen LogP contribution in [0.2, 0.25) is 0 Å². The number of hydrogen-bond acceptors (Lipinski definition) is 4. The Balaban J connectivity index is 1.50. The monoisotopic (exact) mass is 317 g/mol. The molecule has 0 radical (unpaired) electrons. The predicted molar refractivity (Wildman–Crippen MR) is 86.2 cm³/mol. The third kappa shape index (κ3) is 3.82. The smallest absolute Gasteiger partial charge is 0.253 e. The Kier molecular flexibility index (Phi) is 4.81. The van der Waals surface area contributed by atoms with Crippen LogP contribution in [0, 0.1) is 0 Å². The molecule has 1 aromatic carbocycles. The fourth-order valence-electron chi connectivity index (χ4n) is 3.22. The second-order valence-corrected chi connectivity index (χ2v) is 6.22. The molecule has 1 aromatic rings. The Labute approximate surface area is 136 Å². The molecule has 2 N–H and O–H groups in total. The molecule has 3 rings (SSSR count). The van der Waals surface area contributed by atoms with E-state index in [1.165, 1.54) is 12.1 Å². The molecule has 0 saturated carbocycles. The lowest BCUT2D eigenvalue weighted by atomic mass is 10.1. The number of aromatic hydroxyl groups is 1. The highest BCUT2D eigenvalue weighted by atomic mass is 16.3. The standard InChI is InChI=1S/C17H23N3O3/c21-15-5-3-13(4-6-15)17(23)20-10-8-19(9-11-20)16(22)12-14-2-1-7-18-14/h3-6,14,18,21H,1-2,7-12H2. The zero-order valence-corrected chi connectivity index (χ0v) is 13.2. The third-order valence-electron chi connectivity index (χ3n) is 4.62. The summed E-state index contributed by atoms with van der Waals surface area (Å²) in [6.45, 7) is 3.31. The van der Waals surface area contributed by atoms with Gasteiger partial charge in [-0.15, -0.1) is 0 Å². The molecule has 2 fully saturated rings. The second-order valence-electron chi connectivity index (χ2n) is 6.22. The lowest BCUT2D eigenvalue weighted by Gasteiger charge is -2.35. The first-order chi connectivity index (χ1) is 11.1. The maximum atomic E-state index is 12.4. The van der Waals surface area contributed by atoms with Gasteiger partial charge in [0.2, 0.25) is 5.91 Å². The first-order valence-corrected chi connectivity index (χ1v) is 8.23. The van der Waals surface area contributed by atoms with Crippen LogP contribution in [0.15, 0.2) is 24.3 Å². The van der Waals surface area contributed by atoms with E-state index in [1.54, 1.807) is 17.0 Å². The van der Waals surface area contributed by atoms with Crippen molar-refractivity contribution in [2.45, 2.75) is 25.3 Å². The number of benzene rings is 1. The van der Waals surface area contributed by atoms with Gasteiger partial charge in [-0.2, -0.15) is 0 Å². The predicted octanol–water partition coefficient (Wildman–Crippen LogP) is 0.819. The molecular weight excluding hydrogens is 294 g/mol. The summed E-state index contributed by atoms with van der Waals surface area (Å²) in [6.07, 6.45) is 2.78. The molecular formula is C17H23N3O3. The van der Waals surface area contributed by atoms with Crippen molar-refractivity contribution in [3.05, 3.63) is 29.8 Å². The van der Waals surface area contributed by atoms with Gasteiger partial charge in [0.25, 0.3) is 5.91 Å². The fourth-order valence-corrected chi connectivity index (χ4v) is 3.22. The number of nitrogens with one attached hydrogen (secondary N) is 1. The minimum atomic E-state index is -0.0467. The molecule has 2 heterocycles. The van der Waals surface area contributed by atoms with E-state index in [0.717, 1.165) is 19.4 Å². The molecule has 6 nitrogen and oxygen atoms in total. The van der Waals surface area contributed by atoms with E-state index >= 15 is 0 Å².